The van der Waals surface area contributed by atoms with Crippen LogP contribution in [0.2, 0.25) is 0 Å². The van der Waals surface area contributed by atoms with Gasteiger partial charge in [0, 0.05) is 49.4 Å². The van der Waals surface area contributed by atoms with Gasteiger partial charge >= 0.3 is 0 Å². The second-order valence-electron chi connectivity index (χ2n) is 8.04. The average molecular weight is 431 g/mol. The van der Waals surface area contributed by atoms with Crippen molar-refractivity contribution in [2.45, 2.75) is 26.7 Å². The zero-order chi connectivity index (χ0) is 22.5. The van der Waals surface area contributed by atoms with Gasteiger partial charge in [-0.3, -0.25) is 4.79 Å². The van der Waals surface area contributed by atoms with Crippen molar-refractivity contribution in [1.29, 1.82) is 0 Å². The Hall–Kier alpha value is -3.41. The third-order valence-corrected chi connectivity index (χ3v) is 5.94. The van der Waals surface area contributed by atoms with E-state index in [1.54, 1.807) is 7.11 Å². The minimum atomic E-state index is 0.0601. The van der Waals surface area contributed by atoms with E-state index in [4.69, 9.17) is 14.7 Å². The summed E-state index contributed by atoms with van der Waals surface area (Å²) in [6.07, 6.45) is 1.68. The number of piperazine rings is 1. The molecule has 1 amide bonds. The molecule has 0 aliphatic carbocycles. The number of nitrogens with zero attached hydrogens (tertiary/aromatic N) is 4. The van der Waals surface area contributed by atoms with E-state index in [0.29, 0.717) is 18.7 Å². The maximum absolute atomic E-state index is 12.9. The van der Waals surface area contributed by atoms with Crippen molar-refractivity contribution in [3.8, 4) is 5.75 Å². The highest BCUT2D eigenvalue weighted by molar-refractivity contribution is 5.94. The van der Waals surface area contributed by atoms with Crippen LogP contribution in [-0.4, -0.2) is 54.1 Å². The molecule has 1 aliphatic heterocycles. The highest BCUT2D eigenvalue weighted by Crippen LogP contribution is 2.26. The zero-order valence-electron chi connectivity index (χ0n) is 19.0. The predicted molar refractivity (Wildman–Crippen MR) is 127 cm³/mol. The first-order chi connectivity index (χ1) is 15.6. The van der Waals surface area contributed by atoms with Crippen LogP contribution in [-0.2, 0) is 12.8 Å². The van der Waals surface area contributed by atoms with Crippen molar-refractivity contribution in [3.05, 3.63) is 82.8 Å². The number of methoxy groups -OCH3 is 1. The van der Waals surface area contributed by atoms with Gasteiger partial charge in [-0.05, 0) is 43.2 Å². The van der Waals surface area contributed by atoms with Gasteiger partial charge in [-0.25, -0.2) is 9.97 Å². The molecule has 0 atom stereocenters. The SMILES string of the molecule is CCc1nc(C)nc(N2CCN(C(=O)c3ccc(OC)cc3)CC2)c1Cc1ccccc1. The Kier molecular flexibility index (Phi) is 6.69. The lowest BCUT2D eigenvalue weighted by molar-refractivity contribution is 0.0746. The topological polar surface area (TPSA) is 58.6 Å². The molecule has 0 unspecified atom stereocenters. The summed E-state index contributed by atoms with van der Waals surface area (Å²) < 4.78 is 5.20. The van der Waals surface area contributed by atoms with Gasteiger partial charge in [-0.2, -0.15) is 0 Å². The summed E-state index contributed by atoms with van der Waals surface area (Å²) in [6, 6.07) is 17.8. The average Bonchev–Trinajstić information content (AvgIpc) is 2.85. The molecule has 32 heavy (non-hydrogen) atoms. The molecule has 0 spiro atoms. The molecule has 6 nitrogen and oxygen atoms in total. The van der Waals surface area contributed by atoms with E-state index in [9.17, 15) is 4.79 Å². The Labute approximate surface area is 189 Å². The van der Waals surface area contributed by atoms with E-state index in [2.05, 4.69) is 36.1 Å². The van der Waals surface area contributed by atoms with E-state index >= 15 is 0 Å². The molecule has 0 N–H and O–H groups in total. The minimum Gasteiger partial charge on any atom is -0.497 e. The Balaban J connectivity index is 1.52. The van der Waals surface area contributed by atoms with Crippen molar-refractivity contribution < 1.29 is 9.53 Å². The molecule has 1 aliphatic rings. The van der Waals surface area contributed by atoms with E-state index in [1.165, 1.54) is 11.1 Å². The zero-order valence-corrected chi connectivity index (χ0v) is 19.0. The summed E-state index contributed by atoms with van der Waals surface area (Å²) in [4.78, 5) is 26.8. The van der Waals surface area contributed by atoms with E-state index in [1.807, 2.05) is 42.2 Å². The standard InChI is InChI=1S/C26H30N4O2/c1-4-24-23(18-20-8-6-5-7-9-20)25(28-19(2)27-24)29-14-16-30(17-15-29)26(31)21-10-12-22(32-3)13-11-21/h5-13H,4,14-18H2,1-3H3. The van der Waals surface area contributed by atoms with Gasteiger partial charge in [-0.1, -0.05) is 37.3 Å². The normalized spacial score (nSPS) is 13.8. The number of rotatable bonds is 6. The van der Waals surface area contributed by atoms with Gasteiger partial charge in [0.2, 0.25) is 0 Å². The van der Waals surface area contributed by atoms with Crippen LogP contribution in [0.4, 0.5) is 5.82 Å². The Morgan fingerprint density at radius 3 is 2.28 bits per heavy atom. The number of aromatic nitrogens is 2. The Morgan fingerprint density at radius 2 is 1.66 bits per heavy atom. The van der Waals surface area contributed by atoms with Crippen molar-refractivity contribution in [3.63, 3.8) is 0 Å². The number of carbonyl (C=O) groups excluding carboxylic acids is 1. The maximum Gasteiger partial charge on any atom is 0.253 e. The first kappa shape index (κ1) is 21.8. The Morgan fingerprint density at radius 1 is 0.969 bits per heavy atom. The predicted octanol–water partition coefficient (Wildman–Crippen LogP) is 3.91. The quantitative estimate of drug-likeness (QED) is 0.593. The number of amides is 1. The highest BCUT2D eigenvalue weighted by Gasteiger charge is 2.25. The number of benzene rings is 2. The second kappa shape index (κ2) is 9.81. The van der Waals surface area contributed by atoms with E-state index in [-0.39, 0.29) is 5.91 Å². The molecule has 0 bridgehead atoms. The molecule has 1 fully saturated rings. The van der Waals surface area contributed by atoms with Crippen LogP contribution in [0.25, 0.3) is 0 Å². The van der Waals surface area contributed by atoms with Crippen molar-refractivity contribution >= 4 is 11.7 Å². The lowest BCUT2D eigenvalue weighted by Crippen LogP contribution is -2.49. The fourth-order valence-electron chi connectivity index (χ4n) is 4.21. The van der Waals surface area contributed by atoms with E-state index < -0.39 is 0 Å². The maximum atomic E-state index is 12.9. The number of ether oxygens (including phenoxy) is 1. The summed E-state index contributed by atoms with van der Waals surface area (Å²) in [5, 5.41) is 0. The van der Waals surface area contributed by atoms with Crippen LogP contribution < -0.4 is 9.64 Å². The molecule has 0 saturated carbocycles. The molecule has 4 rings (SSSR count). The van der Waals surface area contributed by atoms with Gasteiger partial charge in [0.1, 0.15) is 17.4 Å². The third-order valence-electron chi connectivity index (χ3n) is 5.94. The molecule has 1 aromatic heterocycles. The summed E-state index contributed by atoms with van der Waals surface area (Å²) in [7, 11) is 1.63. The minimum absolute atomic E-state index is 0.0601. The molecule has 0 radical (unpaired) electrons. The number of anilines is 1. The molecule has 2 heterocycles. The van der Waals surface area contributed by atoms with Crippen LogP contribution in [0.15, 0.2) is 54.6 Å². The second-order valence-corrected chi connectivity index (χ2v) is 8.04. The number of hydrogen-bond acceptors (Lipinski definition) is 5. The molecule has 6 heteroatoms. The van der Waals surface area contributed by atoms with Gasteiger partial charge in [0.15, 0.2) is 0 Å². The lowest BCUT2D eigenvalue weighted by Gasteiger charge is -2.36. The van der Waals surface area contributed by atoms with Gasteiger partial charge < -0.3 is 14.5 Å². The van der Waals surface area contributed by atoms with Crippen molar-refractivity contribution in [2.75, 3.05) is 38.2 Å². The molecule has 1 saturated heterocycles. The monoisotopic (exact) mass is 430 g/mol. The molecule has 2 aromatic carbocycles. The van der Waals surface area contributed by atoms with Crippen LogP contribution in [0.1, 0.15) is 39.9 Å². The summed E-state index contributed by atoms with van der Waals surface area (Å²) in [5.74, 6) is 2.62. The molecule has 166 valence electrons. The number of aryl methyl sites for hydroxylation is 2. The van der Waals surface area contributed by atoms with Gasteiger partial charge in [0.05, 0.1) is 7.11 Å². The number of hydrogen-bond donors (Lipinski definition) is 0. The molecular weight excluding hydrogens is 400 g/mol. The highest BCUT2D eigenvalue weighted by atomic mass is 16.5. The number of carbonyl (C=O) groups is 1. The van der Waals surface area contributed by atoms with Crippen LogP contribution >= 0.6 is 0 Å². The van der Waals surface area contributed by atoms with Crippen LogP contribution in [0.5, 0.6) is 5.75 Å². The summed E-state index contributed by atoms with van der Waals surface area (Å²) >= 11 is 0. The lowest BCUT2D eigenvalue weighted by atomic mass is 10.0. The summed E-state index contributed by atoms with van der Waals surface area (Å²) in [5.41, 5.74) is 4.24. The van der Waals surface area contributed by atoms with Gasteiger partial charge in [-0.15, -0.1) is 0 Å². The molecular formula is C26H30N4O2. The first-order valence-corrected chi connectivity index (χ1v) is 11.2. The fourth-order valence-corrected chi connectivity index (χ4v) is 4.21. The molecule has 3 aromatic rings. The third kappa shape index (κ3) is 4.74. The Bertz CT molecular complexity index is 1060. The van der Waals surface area contributed by atoms with E-state index in [0.717, 1.165) is 49.0 Å². The summed E-state index contributed by atoms with van der Waals surface area (Å²) in [6.45, 7) is 6.94. The van der Waals surface area contributed by atoms with Crippen LogP contribution in [0.3, 0.4) is 0 Å². The van der Waals surface area contributed by atoms with Crippen molar-refractivity contribution in [1.82, 2.24) is 14.9 Å². The first-order valence-electron chi connectivity index (χ1n) is 11.2. The fraction of sp³-hybridized carbons (Fsp3) is 0.346. The largest absolute Gasteiger partial charge is 0.497 e. The van der Waals surface area contributed by atoms with Crippen molar-refractivity contribution in [2.24, 2.45) is 0 Å². The van der Waals surface area contributed by atoms with Crippen LogP contribution in [0, 0.1) is 6.92 Å². The van der Waals surface area contributed by atoms with Gasteiger partial charge in [0.25, 0.3) is 5.91 Å². The smallest absolute Gasteiger partial charge is 0.253 e.